The monoisotopic (exact) mass is 354 g/mol. The minimum absolute atomic E-state index is 0.575. The molecule has 2 aromatic rings. The van der Waals surface area contributed by atoms with E-state index >= 15 is 0 Å². The number of hydrogen-bond acceptors (Lipinski definition) is 1. The molecule has 0 aliphatic carbocycles. The van der Waals surface area contributed by atoms with Crippen molar-refractivity contribution in [2.24, 2.45) is 0 Å². The molecule has 0 spiro atoms. The Labute approximate surface area is 118 Å². The summed E-state index contributed by atoms with van der Waals surface area (Å²) in [6.45, 7) is 0.575. The SMILES string of the molecule is BrCc1ccccc1OCc1ccccc1Br. The highest BCUT2D eigenvalue weighted by Crippen LogP contribution is 2.23. The molecule has 0 saturated heterocycles. The number of hydrogen-bond donors (Lipinski definition) is 0. The fourth-order valence-corrected chi connectivity index (χ4v) is 2.39. The summed E-state index contributed by atoms with van der Waals surface area (Å²) in [5, 5.41) is 0.805. The zero-order valence-electron chi connectivity index (χ0n) is 9.20. The molecule has 3 heteroatoms. The first-order valence-electron chi connectivity index (χ1n) is 5.31. The Kier molecular flexibility index (Phi) is 4.63. The summed E-state index contributed by atoms with van der Waals surface area (Å²) in [6, 6.07) is 16.1. The van der Waals surface area contributed by atoms with Crippen LogP contribution in [0.5, 0.6) is 5.75 Å². The van der Waals surface area contributed by atoms with E-state index in [0.717, 1.165) is 21.1 Å². The van der Waals surface area contributed by atoms with Gasteiger partial charge in [0.15, 0.2) is 0 Å². The van der Waals surface area contributed by atoms with Crippen LogP contribution in [0.4, 0.5) is 0 Å². The Morgan fingerprint density at radius 3 is 2.24 bits per heavy atom. The van der Waals surface area contributed by atoms with Gasteiger partial charge in [-0.2, -0.15) is 0 Å². The molecule has 17 heavy (non-hydrogen) atoms. The van der Waals surface area contributed by atoms with Crippen LogP contribution in [0, 0.1) is 0 Å². The summed E-state index contributed by atoms with van der Waals surface area (Å²) < 4.78 is 6.91. The molecular weight excluding hydrogens is 344 g/mol. The largest absolute Gasteiger partial charge is 0.489 e. The van der Waals surface area contributed by atoms with E-state index in [4.69, 9.17) is 4.74 Å². The highest BCUT2D eigenvalue weighted by molar-refractivity contribution is 9.10. The number of rotatable bonds is 4. The first-order valence-corrected chi connectivity index (χ1v) is 7.23. The lowest BCUT2D eigenvalue weighted by molar-refractivity contribution is 0.303. The lowest BCUT2D eigenvalue weighted by atomic mass is 10.2. The number of ether oxygens (including phenoxy) is 1. The van der Waals surface area contributed by atoms with Crippen LogP contribution in [0.15, 0.2) is 53.0 Å². The summed E-state index contributed by atoms with van der Waals surface area (Å²) in [4.78, 5) is 0. The van der Waals surface area contributed by atoms with Gasteiger partial charge in [0.1, 0.15) is 12.4 Å². The quantitative estimate of drug-likeness (QED) is 0.707. The predicted molar refractivity (Wildman–Crippen MR) is 77.5 cm³/mol. The molecule has 0 N–H and O–H groups in total. The standard InChI is InChI=1S/C14H12Br2O/c15-9-11-5-2-4-8-14(11)17-10-12-6-1-3-7-13(12)16/h1-8H,9-10H2. The van der Waals surface area contributed by atoms with Crippen LogP contribution in [0.25, 0.3) is 0 Å². The fourth-order valence-electron chi connectivity index (χ4n) is 1.53. The third-order valence-electron chi connectivity index (χ3n) is 2.46. The molecule has 0 heterocycles. The molecule has 0 unspecified atom stereocenters. The first-order chi connectivity index (χ1) is 8.31. The molecular formula is C14H12Br2O. The van der Waals surface area contributed by atoms with E-state index in [1.807, 2.05) is 36.4 Å². The van der Waals surface area contributed by atoms with E-state index in [9.17, 15) is 0 Å². The van der Waals surface area contributed by atoms with Gasteiger partial charge in [-0.1, -0.05) is 68.3 Å². The van der Waals surface area contributed by atoms with Crippen molar-refractivity contribution in [3.63, 3.8) is 0 Å². The van der Waals surface area contributed by atoms with Crippen LogP contribution in [0.1, 0.15) is 11.1 Å². The molecule has 0 radical (unpaired) electrons. The van der Waals surface area contributed by atoms with Gasteiger partial charge in [0.2, 0.25) is 0 Å². The highest BCUT2D eigenvalue weighted by atomic mass is 79.9. The Morgan fingerprint density at radius 2 is 1.53 bits per heavy atom. The van der Waals surface area contributed by atoms with Crippen molar-refractivity contribution < 1.29 is 4.74 Å². The lowest BCUT2D eigenvalue weighted by Gasteiger charge is -2.10. The summed E-state index contributed by atoms with van der Waals surface area (Å²) in [5.74, 6) is 0.931. The number of halogens is 2. The minimum Gasteiger partial charge on any atom is -0.489 e. The molecule has 88 valence electrons. The number of alkyl halides is 1. The average molecular weight is 356 g/mol. The Hall–Kier alpha value is -0.800. The zero-order valence-corrected chi connectivity index (χ0v) is 12.4. The average Bonchev–Trinajstić information content (AvgIpc) is 2.38. The Morgan fingerprint density at radius 1 is 0.882 bits per heavy atom. The summed E-state index contributed by atoms with van der Waals surface area (Å²) >= 11 is 6.98. The van der Waals surface area contributed by atoms with Gasteiger partial charge in [-0.25, -0.2) is 0 Å². The fraction of sp³-hybridized carbons (Fsp3) is 0.143. The van der Waals surface area contributed by atoms with E-state index < -0.39 is 0 Å². The van der Waals surface area contributed by atoms with Gasteiger partial charge >= 0.3 is 0 Å². The maximum atomic E-state index is 5.83. The Balaban J connectivity index is 2.10. The molecule has 0 aromatic heterocycles. The van der Waals surface area contributed by atoms with Gasteiger partial charge in [0.05, 0.1) is 0 Å². The van der Waals surface area contributed by atoms with Crippen LogP contribution < -0.4 is 4.74 Å². The van der Waals surface area contributed by atoms with Crippen molar-refractivity contribution in [2.75, 3.05) is 0 Å². The summed E-state index contributed by atoms with van der Waals surface area (Å²) in [5.41, 5.74) is 2.32. The molecule has 2 aromatic carbocycles. The number of para-hydroxylation sites is 1. The van der Waals surface area contributed by atoms with Crippen molar-refractivity contribution in [3.8, 4) is 5.75 Å². The zero-order chi connectivity index (χ0) is 12.1. The van der Waals surface area contributed by atoms with Crippen LogP contribution in [0.2, 0.25) is 0 Å². The molecule has 2 rings (SSSR count). The van der Waals surface area contributed by atoms with E-state index in [0.29, 0.717) is 6.61 Å². The number of benzene rings is 2. The second-order valence-corrected chi connectivity index (χ2v) is 5.04. The molecule has 0 aliphatic rings. The van der Waals surface area contributed by atoms with Crippen LogP contribution >= 0.6 is 31.9 Å². The topological polar surface area (TPSA) is 9.23 Å². The van der Waals surface area contributed by atoms with E-state index in [1.165, 1.54) is 5.56 Å². The van der Waals surface area contributed by atoms with Gasteiger partial charge in [-0.3, -0.25) is 0 Å². The molecule has 0 amide bonds. The van der Waals surface area contributed by atoms with Crippen molar-refractivity contribution in [2.45, 2.75) is 11.9 Å². The van der Waals surface area contributed by atoms with Crippen molar-refractivity contribution >= 4 is 31.9 Å². The van der Waals surface area contributed by atoms with Crippen molar-refractivity contribution in [1.82, 2.24) is 0 Å². The van der Waals surface area contributed by atoms with E-state index in [1.54, 1.807) is 0 Å². The van der Waals surface area contributed by atoms with Gasteiger partial charge in [0.25, 0.3) is 0 Å². The van der Waals surface area contributed by atoms with E-state index in [-0.39, 0.29) is 0 Å². The third-order valence-corrected chi connectivity index (χ3v) is 3.84. The third kappa shape index (κ3) is 3.33. The smallest absolute Gasteiger partial charge is 0.123 e. The second-order valence-electron chi connectivity index (χ2n) is 3.62. The van der Waals surface area contributed by atoms with Gasteiger partial charge < -0.3 is 4.74 Å². The van der Waals surface area contributed by atoms with Crippen LogP contribution in [0.3, 0.4) is 0 Å². The molecule has 0 bridgehead atoms. The van der Waals surface area contributed by atoms with Gasteiger partial charge in [0, 0.05) is 20.9 Å². The van der Waals surface area contributed by atoms with Gasteiger partial charge in [-0.15, -0.1) is 0 Å². The maximum Gasteiger partial charge on any atom is 0.123 e. The maximum absolute atomic E-state index is 5.83. The Bertz CT molecular complexity index is 497. The molecule has 0 fully saturated rings. The lowest BCUT2D eigenvalue weighted by Crippen LogP contribution is -1.98. The normalized spacial score (nSPS) is 10.2. The first kappa shape index (κ1) is 12.7. The molecule has 0 saturated carbocycles. The van der Waals surface area contributed by atoms with Crippen molar-refractivity contribution in [3.05, 3.63) is 64.1 Å². The second kappa shape index (κ2) is 6.22. The minimum atomic E-state index is 0.575. The van der Waals surface area contributed by atoms with E-state index in [2.05, 4.69) is 44.0 Å². The van der Waals surface area contributed by atoms with Crippen LogP contribution in [-0.4, -0.2) is 0 Å². The predicted octanol–water partition coefficient (Wildman–Crippen LogP) is 4.92. The molecule has 1 nitrogen and oxygen atoms in total. The summed E-state index contributed by atoms with van der Waals surface area (Å²) in [7, 11) is 0. The van der Waals surface area contributed by atoms with Crippen molar-refractivity contribution in [1.29, 1.82) is 0 Å². The van der Waals surface area contributed by atoms with Crippen LogP contribution in [-0.2, 0) is 11.9 Å². The highest BCUT2D eigenvalue weighted by Gasteiger charge is 2.03. The summed E-state index contributed by atoms with van der Waals surface area (Å²) in [6.07, 6.45) is 0. The molecule has 0 aliphatic heterocycles. The molecule has 0 atom stereocenters. The van der Waals surface area contributed by atoms with Gasteiger partial charge in [-0.05, 0) is 12.1 Å².